The predicted molar refractivity (Wildman–Crippen MR) is 56.8 cm³/mol. The van der Waals surface area contributed by atoms with Gasteiger partial charge in [0.05, 0.1) is 13.2 Å². The first-order valence-electron chi connectivity index (χ1n) is 5.09. The third kappa shape index (κ3) is 6.43. The van der Waals surface area contributed by atoms with Gasteiger partial charge in [0.1, 0.15) is 6.04 Å². The quantitative estimate of drug-likeness (QED) is 0.539. The lowest BCUT2D eigenvalue weighted by Crippen LogP contribution is -2.48. The first-order chi connectivity index (χ1) is 7.01. The van der Waals surface area contributed by atoms with Gasteiger partial charge in [-0.25, -0.2) is 0 Å². The van der Waals surface area contributed by atoms with E-state index in [0.29, 0.717) is 5.92 Å². The first kappa shape index (κ1) is 14.3. The van der Waals surface area contributed by atoms with Crippen molar-refractivity contribution in [1.29, 1.82) is 0 Å². The predicted octanol–water partition coefficient (Wildman–Crippen LogP) is 0.0826. The van der Waals surface area contributed by atoms with Crippen LogP contribution in [0.25, 0.3) is 0 Å². The number of carboxylic acids is 1. The monoisotopic (exact) mass is 219 g/mol. The minimum Gasteiger partial charge on any atom is -0.480 e. The average molecular weight is 219 g/mol. The molecule has 5 nitrogen and oxygen atoms in total. The zero-order valence-electron chi connectivity index (χ0n) is 9.56. The molecule has 0 aliphatic rings. The summed E-state index contributed by atoms with van der Waals surface area (Å²) in [6.45, 7) is 4.09. The number of aliphatic hydroxyl groups is 1. The molecule has 0 aromatic rings. The van der Waals surface area contributed by atoms with Gasteiger partial charge in [-0.2, -0.15) is 0 Å². The summed E-state index contributed by atoms with van der Waals surface area (Å²) in [7, 11) is 1.45. The van der Waals surface area contributed by atoms with Crippen LogP contribution in [0.3, 0.4) is 0 Å². The zero-order chi connectivity index (χ0) is 11.8. The molecule has 0 amide bonds. The molecule has 15 heavy (non-hydrogen) atoms. The number of hydrogen-bond acceptors (Lipinski definition) is 4. The average Bonchev–Trinajstić information content (AvgIpc) is 2.14. The van der Waals surface area contributed by atoms with Crippen LogP contribution in [0.4, 0.5) is 0 Å². The van der Waals surface area contributed by atoms with Crippen LogP contribution in [-0.2, 0) is 9.53 Å². The number of ether oxygens (including phenoxy) is 1. The standard InChI is InChI=1S/C10H21NO4/c1-7(2)4-8(5-12)11-9(6-15-3)10(13)14/h7-9,11-12H,4-6H2,1-3H3,(H,13,14). The van der Waals surface area contributed by atoms with Gasteiger partial charge in [-0.1, -0.05) is 13.8 Å². The van der Waals surface area contributed by atoms with Gasteiger partial charge in [-0.15, -0.1) is 0 Å². The summed E-state index contributed by atoms with van der Waals surface area (Å²) in [6.07, 6.45) is 0.740. The fraction of sp³-hybridized carbons (Fsp3) is 0.900. The van der Waals surface area contributed by atoms with Gasteiger partial charge in [-0.3, -0.25) is 10.1 Å². The molecule has 3 N–H and O–H groups in total. The number of methoxy groups -OCH3 is 1. The van der Waals surface area contributed by atoms with E-state index >= 15 is 0 Å². The fourth-order valence-electron chi connectivity index (χ4n) is 1.41. The third-order valence-corrected chi connectivity index (χ3v) is 2.04. The molecule has 90 valence electrons. The molecule has 0 saturated heterocycles. The topological polar surface area (TPSA) is 78.8 Å². The van der Waals surface area contributed by atoms with Crippen molar-refractivity contribution in [2.45, 2.75) is 32.4 Å². The van der Waals surface area contributed by atoms with Crippen LogP contribution in [-0.4, -0.2) is 48.6 Å². The maximum atomic E-state index is 10.8. The molecule has 0 saturated carbocycles. The Morgan fingerprint density at radius 3 is 2.40 bits per heavy atom. The first-order valence-corrected chi connectivity index (χ1v) is 5.09. The summed E-state index contributed by atoms with van der Waals surface area (Å²) >= 11 is 0. The molecule has 2 unspecified atom stereocenters. The van der Waals surface area contributed by atoms with Crippen LogP contribution < -0.4 is 5.32 Å². The summed E-state index contributed by atoms with van der Waals surface area (Å²) in [5, 5.41) is 20.8. The Hall–Kier alpha value is -0.650. The summed E-state index contributed by atoms with van der Waals surface area (Å²) < 4.78 is 4.79. The van der Waals surface area contributed by atoms with E-state index in [4.69, 9.17) is 14.9 Å². The van der Waals surface area contributed by atoms with Crippen molar-refractivity contribution >= 4 is 5.97 Å². The highest BCUT2D eigenvalue weighted by Gasteiger charge is 2.21. The number of rotatable bonds is 8. The number of hydrogen-bond donors (Lipinski definition) is 3. The molecule has 0 bridgehead atoms. The van der Waals surface area contributed by atoms with Gasteiger partial charge in [-0.05, 0) is 12.3 Å². The minimum absolute atomic E-state index is 0.0638. The van der Waals surface area contributed by atoms with Crippen molar-refractivity contribution in [3.63, 3.8) is 0 Å². The molecular formula is C10H21NO4. The molecule has 0 aromatic heterocycles. The molecule has 0 aliphatic heterocycles. The lowest BCUT2D eigenvalue weighted by molar-refractivity contribution is -0.141. The van der Waals surface area contributed by atoms with Crippen LogP contribution in [0.15, 0.2) is 0 Å². The lowest BCUT2D eigenvalue weighted by atomic mass is 10.0. The van der Waals surface area contributed by atoms with E-state index in [-0.39, 0.29) is 19.3 Å². The maximum Gasteiger partial charge on any atom is 0.323 e. The number of carboxylic acid groups (broad SMARTS) is 1. The van der Waals surface area contributed by atoms with E-state index in [0.717, 1.165) is 6.42 Å². The van der Waals surface area contributed by atoms with Gasteiger partial charge >= 0.3 is 5.97 Å². The van der Waals surface area contributed by atoms with Gasteiger partial charge < -0.3 is 14.9 Å². The maximum absolute atomic E-state index is 10.8. The van der Waals surface area contributed by atoms with E-state index in [1.54, 1.807) is 0 Å². The van der Waals surface area contributed by atoms with E-state index in [1.807, 2.05) is 13.8 Å². The van der Waals surface area contributed by atoms with Crippen LogP contribution in [0.2, 0.25) is 0 Å². The van der Waals surface area contributed by atoms with Gasteiger partial charge in [0, 0.05) is 13.2 Å². The highest BCUT2D eigenvalue weighted by Crippen LogP contribution is 2.05. The lowest BCUT2D eigenvalue weighted by Gasteiger charge is -2.22. The Kier molecular flexibility index (Phi) is 7.29. The third-order valence-electron chi connectivity index (χ3n) is 2.04. The largest absolute Gasteiger partial charge is 0.480 e. The Balaban J connectivity index is 4.15. The molecule has 0 aromatic carbocycles. The second-order valence-corrected chi connectivity index (χ2v) is 4.02. The highest BCUT2D eigenvalue weighted by molar-refractivity contribution is 5.73. The Labute approximate surface area is 90.4 Å². The number of nitrogens with one attached hydrogen (secondary N) is 1. The molecule has 0 rings (SSSR count). The molecule has 5 heteroatoms. The van der Waals surface area contributed by atoms with Crippen LogP contribution >= 0.6 is 0 Å². The SMILES string of the molecule is COCC(NC(CO)CC(C)C)C(=O)O. The Morgan fingerprint density at radius 1 is 1.47 bits per heavy atom. The van der Waals surface area contributed by atoms with E-state index in [2.05, 4.69) is 5.32 Å². The van der Waals surface area contributed by atoms with Crippen molar-refractivity contribution in [3.05, 3.63) is 0 Å². The molecule has 0 spiro atoms. The molecule has 0 fully saturated rings. The van der Waals surface area contributed by atoms with Crippen molar-refractivity contribution < 1.29 is 19.7 Å². The fourth-order valence-corrected chi connectivity index (χ4v) is 1.41. The van der Waals surface area contributed by atoms with Crippen molar-refractivity contribution in [3.8, 4) is 0 Å². The molecular weight excluding hydrogens is 198 g/mol. The van der Waals surface area contributed by atoms with Crippen LogP contribution in [0, 0.1) is 5.92 Å². The second-order valence-electron chi connectivity index (χ2n) is 4.02. The molecule has 2 atom stereocenters. The summed E-state index contributed by atoms with van der Waals surface area (Å²) in [6, 6.07) is -0.952. The summed E-state index contributed by atoms with van der Waals surface area (Å²) in [5.41, 5.74) is 0. The summed E-state index contributed by atoms with van der Waals surface area (Å²) in [5.74, 6) is -0.550. The molecule has 0 aliphatic carbocycles. The Morgan fingerprint density at radius 2 is 2.07 bits per heavy atom. The Bertz CT molecular complexity index is 184. The smallest absolute Gasteiger partial charge is 0.323 e. The molecule has 0 radical (unpaired) electrons. The number of carbonyl (C=O) groups is 1. The van der Waals surface area contributed by atoms with Crippen molar-refractivity contribution in [1.82, 2.24) is 5.32 Å². The summed E-state index contributed by atoms with van der Waals surface area (Å²) in [4.78, 5) is 10.8. The minimum atomic E-state index is -0.959. The zero-order valence-corrected chi connectivity index (χ0v) is 9.56. The van der Waals surface area contributed by atoms with Crippen LogP contribution in [0.1, 0.15) is 20.3 Å². The van der Waals surface area contributed by atoms with E-state index in [9.17, 15) is 4.79 Å². The normalized spacial score (nSPS) is 15.3. The van der Waals surface area contributed by atoms with Crippen molar-refractivity contribution in [2.24, 2.45) is 5.92 Å². The van der Waals surface area contributed by atoms with Gasteiger partial charge in [0.25, 0.3) is 0 Å². The highest BCUT2D eigenvalue weighted by atomic mass is 16.5. The van der Waals surface area contributed by atoms with Gasteiger partial charge in [0.15, 0.2) is 0 Å². The van der Waals surface area contributed by atoms with E-state index in [1.165, 1.54) is 7.11 Å². The van der Waals surface area contributed by atoms with E-state index < -0.39 is 12.0 Å². The second kappa shape index (κ2) is 7.62. The molecule has 0 heterocycles. The van der Waals surface area contributed by atoms with Gasteiger partial charge in [0.2, 0.25) is 0 Å². The number of aliphatic carboxylic acids is 1. The van der Waals surface area contributed by atoms with Crippen molar-refractivity contribution in [2.75, 3.05) is 20.3 Å². The number of aliphatic hydroxyl groups excluding tert-OH is 1. The van der Waals surface area contributed by atoms with Crippen LogP contribution in [0.5, 0.6) is 0 Å².